The van der Waals surface area contributed by atoms with E-state index in [1.54, 1.807) is 11.8 Å². The fourth-order valence-corrected chi connectivity index (χ4v) is 3.11. The number of piperidine rings is 1. The zero-order valence-electron chi connectivity index (χ0n) is 12.1. The number of Topliss-reactive ketones (excluding diaryl/α,β-unsaturated/α-hetero) is 1. The molecule has 0 radical (unpaired) electrons. The number of carbonyl (C=O) groups is 1. The van der Waals surface area contributed by atoms with Crippen molar-refractivity contribution in [1.82, 2.24) is 4.90 Å². The molecule has 0 aliphatic carbocycles. The third-order valence-electron chi connectivity index (χ3n) is 4.26. The number of nitrogens with zero attached hydrogens (tertiary/aromatic N) is 1. The maximum absolute atomic E-state index is 12.3. The molecule has 104 valence electrons. The van der Waals surface area contributed by atoms with Gasteiger partial charge in [-0.1, -0.05) is 19.1 Å². The van der Waals surface area contributed by atoms with Crippen molar-refractivity contribution < 1.29 is 4.79 Å². The molecular formula is C16H23NOS. The molecule has 1 saturated heterocycles. The van der Waals surface area contributed by atoms with E-state index in [0.29, 0.717) is 18.5 Å². The zero-order valence-corrected chi connectivity index (χ0v) is 12.9. The van der Waals surface area contributed by atoms with Crippen molar-refractivity contribution in [3.8, 4) is 0 Å². The first-order valence-corrected chi connectivity index (χ1v) is 8.25. The Morgan fingerprint density at radius 2 is 2.00 bits per heavy atom. The van der Waals surface area contributed by atoms with Crippen LogP contribution in [0.4, 0.5) is 0 Å². The number of rotatable bonds is 4. The third kappa shape index (κ3) is 3.61. The average molecular weight is 277 g/mol. The molecule has 0 saturated carbocycles. The van der Waals surface area contributed by atoms with E-state index < -0.39 is 0 Å². The van der Waals surface area contributed by atoms with Gasteiger partial charge >= 0.3 is 0 Å². The summed E-state index contributed by atoms with van der Waals surface area (Å²) >= 11 is 1.70. The number of hydrogen-bond donors (Lipinski definition) is 0. The van der Waals surface area contributed by atoms with Gasteiger partial charge in [0.1, 0.15) is 0 Å². The van der Waals surface area contributed by atoms with Gasteiger partial charge in [-0.05, 0) is 50.6 Å². The number of likely N-dealkylation sites (tertiary alicyclic amines) is 1. The molecular weight excluding hydrogens is 254 g/mol. The Labute approximate surface area is 120 Å². The first-order valence-electron chi connectivity index (χ1n) is 7.03. The van der Waals surface area contributed by atoms with Crippen molar-refractivity contribution in [3.63, 3.8) is 0 Å². The van der Waals surface area contributed by atoms with Gasteiger partial charge in [-0.25, -0.2) is 0 Å². The number of carbonyl (C=O) groups excluding carboxylic acids is 1. The molecule has 19 heavy (non-hydrogen) atoms. The molecule has 1 aliphatic heterocycles. The topological polar surface area (TPSA) is 20.3 Å². The smallest absolute Gasteiger partial charge is 0.176 e. The predicted octanol–water partition coefficient (Wildman–Crippen LogP) is 3.71. The van der Waals surface area contributed by atoms with Crippen molar-refractivity contribution >= 4 is 17.5 Å². The van der Waals surface area contributed by atoms with Crippen LogP contribution < -0.4 is 0 Å². The highest BCUT2D eigenvalue weighted by molar-refractivity contribution is 7.98. The maximum Gasteiger partial charge on any atom is 0.176 e. The van der Waals surface area contributed by atoms with Gasteiger partial charge in [0.15, 0.2) is 5.78 Å². The van der Waals surface area contributed by atoms with Gasteiger partial charge in [-0.2, -0.15) is 0 Å². The lowest BCUT2D eigenvalue weighted by Gasteiger charge is -2.37. The van der Waals surface area contributed by atoms with E-state index in [1.165, 1.54) is 17.7 Å². The number of hydrogen-bond acceptors (Lipinski definition) is 3. The SMILES string of the molecule is CSc1ccc(C(=O)CN2CCCC(C)C2C)cc1. The molecule has 0 spiro atoms. The van der Waals surface area contributed by atoms with Gasteiger partial charge in [0.25, 0.3) is 0 Å². The van der Waals surface area contributed by atoms with Crippen molar-refractivity contribution in [1.29, 1.82) is 0 Å². The Bertz CT molecular complexity index is 429. The van der Waals surface area contributed by atoms with E-state index in [1.807, 2.05) is 30.5 Å². The monoisotopic (exact) mass is 277 g/mol. The van der Waals surface area contributed by atoms with E-state index in [2.05, 4.69) is 18.7 Å². The summed E-state index contributed by atoms with van der Waals surface area (Å²) < 4.78 is 0. The molecule has 2 atom stereocenters. The molecule has 2 rings (SSSR count). The van der Waals surface area contributed by atoms with Crippen molar-refractivity contribution in [2.24, 2.45) is 5.92 Å². The predicted molar refractivity (Wildman–Crippen MR) is 82.0 cm³/mol. The molecule has 3 heteroatoms. The second kappa shape index (κ2) is 6.58. The summed E-state index contributed by atoms with van der Waals surface area (Å²) in [5, 5.41) is 0. The fourth-order valence-electron chi connectivity index (χ4n) is 2.70. The van der Waals surface area contributed by atoms with Gasteiger partial charge in [-0.3, -0.25) is 9.69 Å². The summed E-state index contributed by atoms with van der Waals surface area (Å²) in [5.74, 6) is 0.939. The summed E-state index contributed by atoms with van der Waals surface area (Å²) in [6.45, 7) is 6.15. The first-order chi connectivity index (χ1) is 9.11. The summed E-state index contributed by atoms with van der Waals surface area (Å²) in [6.07, 6.45) is 4.55. The van der Waals surface area contributed by atoms with Crippen LogP contribution in [-0.4, -0.2) is 36.1 Å². The Morgan fingerprint density at radius 3 is 2.63 bits per heavy atom. The Hall–Kier alpha value is -0.800. The second-order valence-corrected chi connectivity index (χ2v) is 6.36. The molecule has 0 bridgehead atoms. The Balaban J connectivity index is 1.99. The number of benzene rings is 1. The van der Waals surface area contributed by atoms with Crippen molar-refractivity contribution in [2.45, 2.75) is 37.6 Å². The Kier molecular flexibility index (Phi) is 5.06. The van der Waals surface area contributed by atoms with Gasteiger partial charge in [-0.15, -0.1) is 11.8 Å². The van der Waals surface area contributed by atoms with E-state index in [4.69, 9.17) is 0 Å². The van der Waals surface area contributed by atoms with E-state index in [0.717, 1.165) is 12.1 Å². The normalized spacial score (nSPS) is 24.4. The van der Waals surface area contributed by atoms with E-state index in [-0.39, 0.29) is 5.78 Å². The zero-order chi connectivity index (χ0) is 13.8. The quantitative estimate of drug-likeness (QED) is 0.618. The highest BCUT2D eigenvalue weighted by Crippen LogP contribution is 2.23. The van der Waals surface area contributed by atoms with Crippen molar-refractivity contribution in [2.75, 3.05) is 19.3 Å². The van der Waals surface area contributed by atoms with Crippen LogP contribution in [0, 0.1) is 5.92 Å². The highest BCUT2D eigenvalue weighted by atomic mass is 32.2. The van der Waals surface area contributed by atoms with E-state index >= 15 is 0 Å². The van der Waals surface area contributed by atoms with Crippen LogP contribution in [0.1, 0.15) is 37.0 Å². The molecule has 2 nitrogen and oxygen atoms in total. The summed E-state index contributed by atoms with van der Waals surface area (Å²) in [5.41, 5.74) is 0.836. The lowest BCUT2D eigenvalue weighted by atomic mass is 9.91. The first kappa shape index (κ1) is 14.6. The molecule has 1 heterocycles. The minimum atomic E-state index is 0.244. The molecule has 1 aromatic rings. The molecule has 1 aromatic carbocycles. The molecule has 0 amide bonds. The lowest BCUT2D eigenvalue weighted by molar-refractivity contribution is 0.0779. The van der Waals surface area contributed by atoms with Crippen molar-refractivity contribution in [3.05, 3.63) is 29.8 Å². The molecule has 1 fully saturated rings. The third-order valence-corrected chi connectivity index (χ3v) is 5.01. The van der Waals surface area contributed by atoms with Gasteiger partial charge in [0.05, 0.1) is 6.54 Å². The fraction of sp³-hybridized carbons (Fsp3) is 0.562. The van der Waals surface area contributed by atoms with Gasteiger partial charge in [0, 0.05) is 16.5 Å². The van der Waals surface area contributed by atoms with Crippen LogP contribution in [0.15, 0.2) is 29.2 Å². The second-order valence-electron chi connectivity index (χ2n) is 5.48. The lowest BCUT2D eigenvalue weighted by Crippen LogP contribution is -2.44. The minimum absolute atomic E-state index is 0.244. The highest BCUT2D eigenvalue weighted by Gasteiger charge is 2.26. The largest absolute Gasteiger partial charge is 0.293 e. The maximum atomic E-state index is 12.3. The summed E-state index contributed by atoms with van der Waals surface area (Å²) in [4.78, 5) is 15.9. The average Bonchev–Trinajstić information content (AvgIpc) is 2.44. The Morgan fingerprint density at radius 1 is 1.32 bits per heavy atom. The molecule has 1 aliphatic rings. The van der Waals surface area contributed by atoms with Crippen LogP contribution in [-0.2, 0) is 0 Å². The van der Waals surface area contributed by atoms with Crippen LogP contribution in [0.3, 0.4) is 0 Å². The van der Waals surface area contributed by atoms with Crippen LogP contribution in [0.25, 0.3) is 0 Å². The van der Waals surface area contributed by atoms with Gasteiger partial charge < -0.3 is 0 Å². The van der Waals surface area contributed by atoms with Crippen LogP contribution in [0.5, 0.6) is 0 Å². The standard InChI is InChI=1S/C16H23NOS/c1-12-5-4-10-17(13(12)2)11-16(18)14-6-8-15(19-3)9-7-14/h6-9,12-13H,4-5,10-11H2,1-3H3. The molecule has 2 unspecified atom stereocenters. The number of thioether (sulfide) groups is 1. The van der Waals surface area contributed by atoms with Gasteiger partial charge in [0.2, 0.25) is 0 Å². The summed E-state index contributed by atoms with van der Waals surface area (Å²) in [7, 11) is 0. The van der Waals surface area contributed by atoms with Crippen LogP contribution in [0.2, 0.25) is 0 Å². The molecule has 0 aromatic heterocycles. The van der Waals surface area contributed by atoms with Crippen LogP contribution >= 0.6 is 11.8 Å². The van der Waals surface area contributed by atoms with E-state index in [9.17, 15) is 4.79 Å². The number of ketones is 1. The molecule has 0 N–H and O–H groups in total. The minimum Gasteiger partial charge on any atom is -0.293 e. The summed E-state index contributed by atoms with van der Waals surface area (Å²) in [6, 6.07) is 8.47.